The predicted molar refractivity (Wildman–Crippen MR) is 133 cm³/mol. The van der Waals surface area contributed by atoms with Crippen LogP contribution in [0.2, 0.25) is 0 Å². The highest BCUT2D eigenvalue weighted by molar-refractivity contribution is 5.34. The van der Waals surface area contributed by atoms with E-state index in [9.17, 15) is 4.39 Å². The Morgan fingerprint density at radius 3 is 2.15 bits per heavy atom. The van der Waals surface area contributed by atoms with Crippen molar-refractivity contribution in [1.29, 1.82) is 0 Å². The minimum Gasteiger partial charge on any atom is -0.475 e. The molecule has 0 radical (unpaired) electrons. The van der Waals surface area contributed by atoms with Gasteiger partial charge in [0, 0.05) is 0 Å². The zero-order valence-corrected chi connectivity index (χ0v) is 21.1. The standard InChI is InChI=1S/C30H44F2O/c1-4-7-8-11-26(10-6-3)33-28-21-20-27(29(31)30(28)32)25-18-16-24(17-19-25)23-14-12-22(9-5-2)13-15-23/h20-26H,4-5,7-9,11-19H2,1-3H3/t22?,23?,24?,25?,26-/m1/s1. The molecule has 2 fully saturated rings. The van der Waals surface area contributed by atoms with Gasteiger partial charge in [-0.25, -0.2) is 4.39 Å². The van der Waals surface area contributed by atoms with Gasteiger partial charge in [0.25, 0.3) is 0 Å². The van der Waals surface area contributed by atoms with Crippen LogP contribution in [0, 0.1) is 41.2 Å². The molecule has 3 heteroatoms. The monoisotopic (exact) mass is 458 g/mol. The molecular formula is C30H44F2O. The summed E-state index contributed by atoms with van der Waals surface area (Å²) in [7, 11) is 0. The largest absolute Gasteiger partial charge is 0.475 e. The molecule has 0 heterocycles. The highest BCUT2D eigenvalue weighted by Crippen LogP contribution is 2.45. The van der Waals surface area contributed by atoms with Crippen molar-refractivity contribution >= 4 is 0 Å². The maximum atomic E-state index is 15.1. The van der Waals surface area contributed by atoms with Crippen molar-refractivity contribution < 1.29 is 13.5 Å². The van der Waals surface area contributed by atoms with Gasteiger partial charge >= 0.3 is 0 Å². The van der Waals surface area contributed by atoms with Crippen LogP contribution in [0.25, 0.3) is 0 Å². The molecule has 0 spiro atoms. The topological polar surface area (TPSA) is 9.23 Å². The van der Waals surface area contributed by atoms with Gasteiger partial charge in [0.1, 0.15) is 0 Å². The lowest BCUT2D eigenvalue weighted by Gasteiger charge is -2.38. The number of ether oxygens (including phenoxy) is 1. The van der Waals surface area contributed by atoms with Gasteiger partial charge in [0.05, 0.1) is 0 Å². The molecule has 1 atom stereocenters. The molecule has 2 saturated carbocycles. The summed E-state index contributed by atoms with van der Waals surface area (Å²) in [5.41, 5.74) is 0.536. The summed E-state index contributed by atoms with van der Waals surface area (Å²) in [6.07, 6.45) is 16.0. The zero-order valence-electron chi connectivity index (χ0n) is 21.1. The van der Waals surface area contributed by atoms with Gasteiger partial charge < -0.3 is 4.74 Å². The lowest BCUT2D eigenvalue weighted by Crippen LogP contribution is -2.25. The van der Waals surface area contributed by atoms with Crippen molar-refractivity contribution in [2.24, 2.45) is 17.8 Å². The number of halogens is 2. The minimum atomic E-state index is -0.845. The van der Waals surface area contributed by atoms with Gasteiger partial charge in [-0.05, 0) is 93.6 Å². The molecule has 0 bridgehead atoms. The van der Waals surface area contributed by atoms with E-state index in [1.165, 1.54) is 38.5 Å². The molecular weight excluding hydrogens is 414 g/mol. The van der Waals surface area contributed by atoms with Crippen LogP contribution in [-0.4, -0.2) is 6.10 Å². The number of benzene rings is 1. The Labute approximate surface area is 201 Å². The van der Waals surface area contributed by atoms with Crippen LogP contribution in [0.1, 0.15) is 122 Å². The van der Waals surface area contributed by atoms with Gasteiger partial charge in [0.2, 0.25) is 5.82 Å². The summed E-state index contributed by atoms with van der Waals surface area (Å²) in [6, 6.07) is 3.39. The summed E-state index contributed by atoms with van der Waals surface area (Å²) in [4.78, 5) is 0. The molecule has 184 valence electrons. The molecule has 33 heavy (non-hydrogen) atoms. The van der Waals surface area contributed by atoms with Crippen LogP contribution >= 0.6 is 0 Å². The van der Waals surface area contributed by atoms with E-state index in [1.807, 2.05) is 0 Å². The molecule has 0 amide bonds. The molecule has 2 aliphatic rings. The van der Waals surface area contributed by atoms with Crippen LogP contribution in [0.5, 0.6) is 5.75 Å². The Morgan fingerprint density at radius 2 is 1.55 bits per heavy atom. The van der Waals surface area contributed by atoms with E-state index in [2.05, 4.69) is 25.7 Å². The third-order valence-corrected chi connectivity index (χ3v) is 8.19. The van der Waals surface area contributed by atoms with Crippen molar-refractivity contribution in [1.82, 2.24) is 0 Å². The first-order chi connectivity index (χ1) is 16.1. The average molecular weight is 459 g/mol. The van der Waals surface area contributed by atoms with Crippen LogP contribution < -0.4 is 4.74 Å². The average Bonchev–Trinajstić information content (AvgIpc) is 2.83. The van der Waals surface area contributed by atoms with E-state index < -0.39 is 11.6 Å². The Bertz CT molecular complexity index is 776. The fourth-order valence-electron chi connectivity index (χ4n) is 6.27. The minimum absolute atomic E-state index is 0.00183. The maximum absolute atomic E-state index is 15.1. The predicted octanol–water partition coefficient (Wildman–Crippen LogP) is 9.20. The van der Waals surface area contributed by atoms with Gasteiger partial charge in [-0.3, -0.25) is 0 Å². The maximum Gasteiger partial charge on any atom is 0.200 e. The van der Waals surface area contributed by atoms with Crippen LogP contribution in [-0.2, 0) is 0 Å². The summed E-state index contributed by atoms with van der Waals surface area (Å²) >= 11 is 0. The molecule has 1 aromatic rings. The highest BCUT2D eigenvalue weighted by Gasteiger charge is 2.32. The Hall–Kier alpha value is -1.56. The third kappa shape index (κ3) is 7.21. The number of unbranched alkanes of at least 4 members (excludes halogenated alkanes) is 2. The lowest BCUT2D eigenvalue weighted by molar-refractivity contribution is 0.155. The summed E-state index contributed by atoms with van der Waals surface area (Å²) < 4.78 is 35.8. The normalized spacial score (nSPS) is 26.3. The fourth-order valence-corrected chi connectivity index (χ4v) is 6.27. The van der Waals surface area contributed by atoms with Gasteiger partial charge in [-0.15, -0.1) is 5.92 Å². The van der Waals surface area contributed by atoms with Crippen molar-refractivity contribution in [2.75, 3.05) is 0 Å². The molecule has 3 rings (SSSR count). The number of rotatable bonds is 10. The lowest BCUT2D eigenvalue weighted by atomic mass is 9.68. The smallest absolute Gasteiger partial charge is 0.200 e. The van der Waals surface area contributed by atoms with Crippen molar-refractivity contribution in [2.45, 2.75) is 123 Å². The fraction of sp³-hybridized carbons (Fsp3) is 0.733. The van der Waals surface area contributed by atoms with Crippen LogP contribution in [0.4, 0.5) is 8.78 Å². The van der Waals surface area contributed by atoms with E-state index in [1.54, 1.807) is 19.1 Å². The summed E-state index contributed by atoms with van der Waals surface area (Å²) in [5, 5.41) is 0. The Morgan fingerprint density at radius 1 is 0.879 bits per heavy atom. The van der Waals surface area contributed by atoms with E-state index in [0.29, 0.717) is 5.56 Å². The van der Waals surface area contributed by atoms with E-state index in [-0.39, 0.29) is 17.8 Å². The van der Waals surface area contributed by atoms with E-state index >= 15 is 4.39 Å². The SMILES string of the molecule is CC#C[C@H](CCCCC)Oc1ccc(C2CCC(C3CCC(CCC)CC3)CC2)c(F)c1F. The van der Waals surface area contributed by atoms with Crippen LogP contribution in [0.15, 0.2) is 12.1 Å². The number of hydrogen-bond donors (Lipinski definition) is 0. The first kappa shape index (κ1) is 26.1. The zero-order chi connectivity index (χ0) is 23.6. The molecule has 0 N–H and O–H groups in total. The first-order valence-corrected chi connectivity index (χ1v) is 13.6. The number of hydrogen-bond acceptors (Lipinski definition) is 1. The Kier molecular flexibility index (Phi) is 10.5. The van der Waals surface area contributed by atoms with Crippen molar-refractivity contribution in [3.8, 4) is 17.6 Å². The highest BCUT2D eigenvalue weighted by atomic mass is 19.2. The van der Waals surface area contributed by atoms with E-state index in [0.717, 1.165) is 69.1 Å². The van der Waals surface area contributed by atoms with Gasteiger partial charge in [-0.2, -0.15) is 4.39 Å². The van der Waals surface area contributed by atoms with Gasteiger partial charge in [0.15, 0.2) is 17.7 Å². The van der Waals surface area contributed by atoms with Crippen molar-refractivity contribution in [3.05, 3.63) is 29.3 Å². The molecule has 2 aliphatic carbocycles. The second kappa shape index (κ2) is 13.4. The van der Waals surface area contributed by atoms with Crippen LogP contribution in [0.3, 0.4) is 0 Å². The Balaban J connectivity index is 1.56. The molecule has 1 aromatic carbocycles. The first-order valence-electron chi connectivity index (χ1n) is 13.6. The summed E-state index contributed by atoms with van der Waals surface area (Å²) in [5.74, 6) is 6.98. The molecule has 1 nitrogen and oxygen atoms in total. The molecule has 0 aromatic heterocycles. The molecule has 0 saturated heterocycles. The van der Waals surface area contributed by atoms with Gasteiger partial charge in [-0.1, -0.05) is 64.4 Å². The second-order valence-electron chi connectivity index (χ2n) is 10.5. The van der Waals surface area contributed by atoms with E-state index in [4.69, 9.17) is 4.74 Å². The second-order valence-corrected chi connectivity index (χ2v) is 10.5. The van der Waals surface area contributed by atoms with Crippen molar-refractivity contribution in [3.63, 3.8) is 0 Å². The third-order valence-electron chi connectivity index (χ3n) is 8.19. The summed E-state index contributed by atoms with van der Waals surface area (Å²) in [6.45, 7) is 6.18. The quantitative estimate of drug-likeness (QED) is 0.251. The molecule has 0 unspecified atom stereocenters. The molecule has 0 aliphatic heterocycles.